The van der Waals surface area contributed by atoms with Gasteiger partial charge >= 0.3 is 0 Å². The maximum atomic E-state index is 12.7. The van der Waals surface area contributed by atoms with E-state index >= 15 is 0 Å². The Bertz CT molecular complexity index is 1030. The number of nitrogens with one attached hydrogen (secondary N) is 2. The first-order chi connectivity index (χ1) is 13.1. The maximum Gasteiger partial charge on any atom is 0.256 e. The number of hydrogen-bond acceptors (Lipinski definition) is 4. The van der Waals surface area contributed by atoms with Gasteiger partial charge in [0.1, 0.15) is 11.4 Å². The maximum absolute atomic E-state index is 12.7. The lowest BCUT2D eigenvalue weighted by molar-refractivity contribution is 0.0930. The summed E-state index contributed by atoms with van der Waals surface area (Å²) in [6, 6.07) is 11.3. The summed E-state index contributed by atoms with van der Waals surface area (Å²) >= 11 is 3.37. The van der Waals surface area contributed by atoms with Crippen molar-refractivity contribution in [1.82, 2.24) is 15.3 Å². The fraction of sp³-hybridized carbons (Fsp3) is 0.250. The van der Waals surface area contributed by atoms with E-state index in [1.807, 2.05) is 30.3 Å². The average Bonchev–Trinajstić information content (AvgIpc) is 2.70. The van der Waals surface area contributed by atoms with Crippen molar-refractivity contribution in [3.05, 3.63) is 69.1 Å². The first-order valence-electron chi connectivity index (χ1n) is 8.89. The van der Waals surface area contributed by atoms with Crippen LogP contribution in [0.1, 0.15) is 23.2 Å². The normalized spacial score (nSPS) is 15.1. The minimum atomic E-state index is -0.325. The van der Waals surface area contributed by atoms with Gasteiger partial charge in [0.05, 0.1) is 0 Å². The van der Waals surface area contributed by atoms with Crippen molar-refractivity contribution in [2.24, 2.45) is 0 Å². The van der Waals surface area contributed by atoms with Crippen molar-refractivity contribution in [2.45, 2.75) is 18.9 Å². The van der Waals surface area contributed by atoms with Gasteiger partial charge in [0, 0.05) is 46.9 Å². The highest BCUT2D eigenvalue weighted by atomic mass is 79.9. The Hall–Kier alpha value is -2.67. The number of aromatic amines is 1. The molecule has 0 bridgehead atoms. The first kappa shape index (κ1) is 17.7. The number of hydrogen-bond donors (Lipinski definition) is 2. The standard InChI is InChI=1S/C20H19BrN4O2/c21-13-4-5-17-15(11-13)19(26)16(12-23-17)20(27)24-14-6-9-25(10-7-14)18-3-1-2-8-22-18/h1-5,8,11-12,14H,6-7,9-10H2,(H,23,26)(H,24,27). The van der Waals surface area contributed by atoms with E-state index in [2.05, 4.69) is 36.1 Å². The molecule has 6 nitrogen and oxygen atoms in total. The molecular weight excluding hydrogens is 408 g/mol. The molecule has 0 saturated carbocycles. The van der Waals surface area contributed by atoms with Gasteiger partial charge in [-0.1, -0.05) is 22.0 Å². The van der Waals surface area contributed by atoms with Crippen molar-refractivity contribution in [3.8, 4) is 0 Å². The Morgan fingerprint density at radius 2 is 2.04 bits per heavy atom. The number of pyridine rings is 2. The van der Waals surface area contributed by atoms with Crippen LogP contribution in [0.15, 0.2) is 58.1 Å². The van der Waals surface area contributed by atoms with Gasteiger partial charge in [-0.2, -0.15) is 0 Å². The zero-order chi connectivity index (χ0) is 18.8. The number of amides is 1. The summed E-state index contributed by atoms with van der Waals surface area (Å²) in [6.07, 6.45) is 4.92. The summed E-state index contributed by atoms with van der Waals surface area (Å²) in [7, 11) is 0. The molecule has 0 spiro atoms. The highest BCUT2D eigenvalue weighted by Crippen LogP contribution is 2.18. The fourth-order valence-electron chi connectivity index (χ4n) is 3.42. The van der Waals surface area contributed by atoms with Crippen LogP contribution >= 0.6 is 15.9 Å². The van der Waals surface area contributed by atoms with E-state index in [4.69, 9.17) is 0 Å². The van der Waals surface area contributed by atoms with Gasteiger partial charge in [0.15, 0.2) is 0 Å². The molecule has 138 valence electrons. The molecule has 2 N–H and O–H groups in total. The Balaban J connectivity index is 1.45. The topological polar surface area (TPSA) is 78.1 Å². The number of carbonyl (C=O) groups is 1. The molecule has 3 aromatic rings. The minimum Gasteiger partial charge on any atom is -0.360 e. The SMILES string of the molecule is O=C(NC1CCN(c2ccccn2)CC1)c1c[nH]c2ccc(Br)cc2c1=O. The summed E-state index contributed by atoms with van der Waals surface area (Å²) in [5, 5.41) is 3.51. The minimum absolute atomic E-state index is 0.0510. The van der Waals surface area contributed by atoms with Gasteiger partial charge in [-0.15, -0.1) is 0 Å². The van der Waals surface area contributed by atoms with Crippen LogP contribution < -0.4 is 15.6 Å². The van der Waals surface area contributed by atoms with Gasteiger partial charge in [-0.25, -0.2) is 4.98 Å². The molecule has 2 aromatic heterocycles. The van der Waals surface area contributed by atoms with Gasteiger partial charge in [-0.3, -0.25) is 9.59 Å². The predicted octanol–water partition coefficient (Wildman–Crippen LogP) is 3.08. The molecule has 1 saturated heterocycles. The van der Waals surface area contributed by atoms with E-state index in [1.54, 1.807) is 12.3 Å². The Kier molecular flexibility index (Phi) is 4.94. The Morgan fingerprint density at radius 1 is 1.22 bits per heavy atom. The molecule has 1 aliphatic heterocycles. The molecule has 3 heterocycles. The Morgan fingerprint density at radius 3 is 2.78 bits per heavy atom. The third-order valence-corrected chi connectivity index (χ3v) is 5.38. The van der Waals surface area contributed by atoms with Gasteiger partial charge in [0.2, 0.25) is 5.43 Å². The highest BCUT2D eigenvalue weighted by Gasteiger charge is 2.23. The van der Waals surface area contributed by atoms with Crippen molar-refractivity contribution in [1.29, 1.82) is 0 Å². The van der Waals surface area contributed by atoms with Crippen molar-refractivity contribution >= 4 is 38.6 Å². The Labute approximate surface area is 164 Å². The molecule has 1 amide bonds. The van der Waals surface area contributed by atoms with Crippen molar-refractivity contribution in [2.75, 3.05) is 18.0 Å². The molecule has 0 unspecified atom stereocenters. The van der Waals surface area contributed by atoms with Crippen LogP contribution in [0.2, 0.25) is 0 Å². The summed E-state index contributed by atoms with van der Waals surface area (Å²) in [5.41, 5.74) is 0.602. The molecule has 0 aliphatic carbocycles. The quantitative estimate of drug-likeness (QED) is 0.674. The van der Waals surface area contributed by atoms with E-state index < -0.39 is 0 Å². The average molecular weight is 427 g/mol. The molecule has 1 aliphatic rings. The highest BCUT2D eigenvalue weighted by molar-refractivity contribution is 9.10. The molecule has 1 fully saturated rings. The van der Waals surface area contributed by atoms with Crippen LogP contribution in [0.5, 0.6) is 0 Å². The van der Waals surface area contributed by atoms with Gasteiger partial charge < -0.3 is 15.2 Å². The lowest BCUT2D eigenvalue weighted by atomic mass is 10.0. The summed E-state index contributed by atoms with van der Waals surface area (Å²) in [4.78, 5) is 34.9. The molecule has 0 radical (unpaired) electrons. The number of H-pyrrole nitrogens is 1. The largest absolute Gasteiger partial charge is 0.360 e. The molecule has 27 heavy (non-hydrogen) atoms. The first-order valence-corrected chi connectivity index (χ1v) is 9.69. The van der Waals surface area contributed by atoms with E-state index in [-0.39, 0.29) is 22.9 Å². The van der Waals surface area contributed by atoms with E-state index in [9.17, 15) is 9.59 Å². The van der Waals surface area contributed by atoms with Crippen LogP contribution in [0, 0.1) is 0 Å². The molecule has 1 aromatic carbocycles. The second-order valence-electron chi connectivity index (χ2n) is 6.64. The number of carbonyl (C=O) groups excluding carboxylic acids is 1. The number of rotatable bonds is 3. The van der Waals surface area contributed by atoms with E-state index in [1.165, 1.54) is 6.20 Å². The lowest BCUT2D eigenvalue weighted by Gasteiger charge is -2.33. The van der Waals surface area contributed by atoms with E-state index in [0.29, 0.717) is 10.9 Å². The monoisotopic (exact) mass is 426 g/mol. The van der Waals surface area contributed by atoms with Gasteiger partial charge in [0.25, 0.3) is 5.91 Å². The van der Waals surface area contributed by atoms with Crippen LogP contribution in [-0.4, -0.2) is 35.0 Å². The fourth-order valence-corrected chi connectivity index (χ4v) is 3.78. The number of nitrogens with zero attached hydrogens (tertiary/aromatic N) is 2. The number of aromatic nitrogens is 2. The number of anilines is 1. The lowest BCUT2D eigenvalue weighted by Crippen LogP contribution is -2.45. The summed E-state index contributed by atoms with van der Waals surface area (Å²) in [6.45, 7) is 1.64. The van der Waals surface area contributed by atoms with Crippen LogP contribution in [0.25, 0.3) is 10.9 Å². The molecular formula is C20H19BrN4O2. The number of benzene rings is 1. The third kappa shape index (κ3) is 3.73. The third-order valence-electron chi connectivity index (χ3n) is 4.89. The second-order valence-corrected chi connectivity index (χ2v) is 7.56. The summed E-state index contributed by atoms with van der Waals surface area (Å²) in [5.74, 6) is 0.633. The smallest absolute Gasteiger partial charge is 0.256 e. The van der Waals surface area contributed by atoms with E-state index in [0.717, 1.165) is 36.2 Å². The predicted molar refractivity (Wildman–Crippen MR) is 109 cm³/mol. The zero-order valence-electron chi connectivity index (χ0n) is 14.6. The summed E-state index contributed by atoms with van der Waals surface area (Å²) < 4.78 is 0.806. The molecule has 4 rings (SSSR count). The number of piperidine rings is 1. The van der Waals surface area contributed by atoms with Crippen LogP contribution in [0.4, 0.5) is 5.82 Å². The number of fused-ring (bicyclic) bond motifs is 1. The second kappa shape index (κ2) is 7.52. The van der Waals surface area contributed by atoms with Crippen LogP contribution in [0.3, 0.4) is 0 Å². The molecule has 7 heteroatoms. The van der Waals surface area contributed by atoms with Crippen molar-refractivity contribution < 1.29 is 4.79 Å². The van der Waals surface area contributed by atoms with Gasteiger partial charge in [-0.05, 0) is 43.2 Å². The van der Waals surface area contributed by atoms with Crippen molar-refractivity contribution in [3.63, 3.8) is 0 Å². The number of halogens is 1. The van der Waals surface area contributed by atoms with Crippen LogP contribution in [-0.2, 0) is 0 Å². The zero-order valence-corrected chi connectivity index (χ0v) is 16.2. The molecule has 0 atom stereocenters.